The van der Waals surface area contributed by atoms with Gasteiger partial charge in [0.1, 0.15) is 28.8 Å². The number of pyridine rings is 3. The molecule has 242 valence electrons. The van der Waals surface area contributed by atoms with Gasteiger partial charge in [-0.25, -0.2) is 9.97 Å². The number of ether oxygens (including phenoxy) is 4. The standard InChI is InChI=1S/C35H42N6O5/c1-35(2)11-15-41(16-12-35)33-7-4-6-27(38-33)34(42)39-32-9-8-25(24-37-32)46-29-10-13-36-28-23-31(30(43-3)22-26(28)29)45-19-5-14-40-17-20-44-21-18-40/h4,6-10,13,22-24H,5,11-12,14-21H2,1-3H3,(H,37,39,42). The van der Waals surface area contributed by atoms with Crippen molar-refractivity contribution in [2.45, 2.75) is 33.1 Å². The number of nitrogens with zero attached hydrogens (tertiary/aromatic N) is 5. The van der Waals surface area contributed by atoms with Gasteiger partial charge in [0.05, 0.1) is 38.6 Å². The highest BCUT2D eigenvalue weighted by Crippen LogP contribution is 2.37. The van der Waals surface area contributed by atoms with Gasteiger partial charge >= 0.3 is 0 Å². The first-order valence-electron chi connectivity index (χ1n) is 15.9. The van der Waals surface area contributed by atoms with Crippen molar-refractivity contribution in [2.24, 2.45) is 5.41 Å². The normalized spacial score (nSPS) is 16.6. The number of fused-ring (bicyclic) bond motifs is 1. The maximum absolute atomic E-state index is 13.0. The van der Waals surface area contributed by atoms with Crippen molar-refractivity contribution >= 4 is 28.4 Å². The lowest BCUT2D eigenvalue weighted by molar-refractivity contribution is 0.0357. The molecule has 0 bridgehead atoms. The van der Waals surface area contributed by atoms with E-state index in [0.29, 0.717) is 46.5 Å². The molecule has 6 rings (SSSR count). The summed E-state index contributed by atoms with van der Waals surface area (Å²) in [6.07, 6.45) is 6.36. The molecule has 11 heteroatoms. The number of rotatable bonds is 11. The highest BCUT2D eigenvalue weighted by molar-refractivity contribution is 6.02. The number of carbonyl (C=O) groups is 1. The van der Waals surface area contributed by atoms with E-state index < -0.39 is 0 Å². The van der Waals surface area contributed by atoms with E-state index in [1.165, 1.54) is 0 Å². The minimum atomic E-state index is -0.313. The molecule has 46 heavy (non-hydrogen) atoms. The molecular weight excluding hydrogens is 584 g/mol. The predicted octanol–water partition coefficient (Wildman–Crippen LogP) is 5.81. The molecule has 0 radical (unpaired) electrons. The minimum absolute atomic E-state index is 0.313. The predicted molar refractivity (Wildman–Crippen MR) is 177 cm³/mol. The molecule has 2 fully saturated rings. The number of benzene rings is 1. The van der Waals surface area contributed by atoms with Gasteiger partial charge in [-0.15, -0.1) is 0 Å². The van der Waals surface area contributed by atoms with Crippen LogP contribution in [0.2, 0.25) is 0 Å². The molecule has 5 heterocycles. The number of hydrogen-bond donors (Lipinski definition) is 1. The Hall–Kier alpha value is -4.48. The van der Waals surface area contributed by atoms with E-state index in [9.17, 15) is 4.79 Å². The number of aromatic nitrogens is 3. The Morgan fingerprint density at radius 3 is 2.57 bits per heavy atom. The lowest BCUT2D eigenvalue weighted by Gasteiger charge is -2.37. The maximum Gasteiger partial charge on any atom is 0.275 e. The van der Waals surface area contributed by atoms with Crippen LogP contribution in [0.15, 0.2) is 60.9 Å². The summed E-state index contributed by atoms with van der Waals surface area (Å²) in [4.78, 5) is 31.2. The Bertz CT molecular complexity index is 1630. The largest absolute Gasteiger partial charge is 0.493 e. The van der Waals surface area contributed by atoms with Crippen LogP contribution in [-0.2, 0) is 4.74 Å². The molecule has 2 aliphatic heterocycles. The summed E-state index contributed by atoms with van der Waals surface area (Å²) in [5, 5.41) is 3.63. The summed E-state index contributed by atoms with van der Waals surface area (Å²) in [5.41, 5.74) is 1.41. The van der Waals surface area contributed by atoms with Crippen LogP contribution in [0.25, 0.3) is 10.9 Å². The molecule has 11 nitrogen and oxygen atoms in total. The van der Waals surface area contributed by atoms with Crippen LogP contribution in [0, 0.1) is 5.41 Å². The molecule has 3 aromatic heterocycles. The topological polar surface area (TPSA) is 111 Å². The third-order valence-corrected chi connectivity index (χ3v) is 8.58. The van der Waals surface area contributed by atoms with Crippen LogP contribution >= 0.6 is 0 Å². The van der Waals surface area contributed by atoms with Crippen molar-refractivity contribution in [1.82, 2.24) is 19.9 Å². The van der Waals surface area contributed by atoms with E-state index in [2.05, 4.69) is 43.9 Å². The van der Waals surface area contributed by atoms with Crippen molar-refractivity contribution in [3.8, 4) is 23.0 Å². The summed E-state index contributed by atoms with van der Waals surface area (Å²) in [7, 11) is 1.62. The molecule has 0 unspecified atom stereocenters. The Morgan fingerprint density at radius 1 is 0.978 bits per heavy atom. The Balaban J connectivity index is 1.07. The zero-order valence-corrected chi connectivity index (χ0v) is 26.8. The van der Waals surface area contributed by atoms with E-state index in [4.69, 9.17) is 18.9 Å². The molecule has 2 saturated heterocycles. The average Bonchev–Trinajstić information content (AvgIpc) is 3.08. The molecule has 0 atom stereocenters. The van der Waals surface area contributed by atoms with Gasteiger partial charge in [-0.05, 0) is 61.1 Å². The number of carbonyl (C=O) groups excluding carboxylic acids is 1. The van der Waals surface area contributed by atoms with E-state index in [-0.39, 0.29) is 5.91 Å². The number of hydrogen-bond acceptors (Lipinski definition) is 10. The Morgan fingerprint density at radius 2 is 1.80 bits per heavy atom. The minimum Gasteiger partial charge on any atom is -0.493 e. The second kappa shape index (κ2) is 14.3. The van der Waals surface area contributed by atoms with Crippen molar-refractivity contribution in [1.29, 1.82) is 0 Å². The molecule has 4 aromatic rings. The summed E-state index contributed by atoms with van der Waals surface area (Å²) < 4.78 is 23.4. The number of morpholine rings is 1. The first-order valence-corrected chi connectivity index (χ1v) is 15.9. The number of piperidine rings is 1. The quantitative estimate of drug-likeness (QED) is 0.205. The lowest BCUT2D eigenvalue weighted by Crippen LogP contribution is -2.37. The van der Waals surface area contributed by atoms with E-state index in [1.54, 1.807) is 43.8 Å². The lowest BCUT2D eigenvalue weighted by atomic mass is 9.83. The summed E-state index contributed by atoms with van der Waals surface area (Å²) >= 11 is 0. The van der Waals surface area contributed by atoms with Crippen molar-refractivity contribution in [3.63, 3.8) is 0 Å². The molecule has 0 spiro atoms. The molecule has 1 N–H and O–H groups in total. The van der Waals surface area contributed by atoms with Crippen molar-refractivity contribution in [3.05, 3.63) is 66.6 Å². The van der Waals surface area contributed by atoms with Gasteiger partial charge in [0.2, 0.25) is 0 Å². The number of methoxy groups -OCH3 is 1. The molecule has 2 aliphatic rings. The SMILES string of the molecule is COc1cc2c(Oc3ccc(NC(=O)c4cccc(N5CCC(C)(C)CC5)n4)nc3)ccnc2cc1OCCCN1CCOCC1. The van der Waals surface area contributed by atoms with Crippen LogP contribution < -0.4 is 24.4 Å². The fraction of sp³-hybridized carbons (Fsp3) is 0.429. The average molecular weight is 627 g/mol. The Kier molecular flexibility index (Phi) is 9.79. The van der Waals surface area contributed by atoms with Crippen LogP contribution in [0.1, 0.15) is 43.6 Å². The molecular formula is C35H42N6O5. The number of anilines is 2. The first kappa shape index (κ1) is 31.5. The first-order chi connectivity index (χ1) is 22.4. The van der Waals surface area contributed by atoms with Gasteiger partial charge in [-0.3, -0.25) is 14.7 Å². The van der Waals surface area contributed by atoms with E-state index in [1.807, 2.05) is 24.3 Å². The van der Waals surface area contributed by atoms with E-state index >= 15 is 0 Å². The van der Waals surface area contributed by atoms with Gasteiger partial charge in [0.25, 0.3) is 5.91 Å². The molecule has 0 aliphatic carbocycles. The van der Waals surface area contributed by atoms with Crippen LogP contribution in [-0.4, -0.2) is 85.4 Å². The number of nitrogens with one attached hydrogen (secondary N) is 1. The fourth-order valence-corrected chi connectivity index (χ4v) is 5.67. The van der Waals surface area contributed by atoms with Gasteiger partial charge in [-0.1, -0.05) is 19.9 Å². The van der Waals surface area contributed by atoms with Gasteiger partial charge in [-0.2, -0.15) is 0 Å². The smallest absolute Gasteiger partial charge is 0.275 e. The highest BCUT2D eigenvalue weighted by atomic mass is 16.5. The molecule has 1 amide bonds. The van der Waals surface area contributed by atoms with Gasteiger partial charge in [0.15, 0.2) is 11.5 Å². The summed E-state index contributed by atoms with van der Waals surface area (Å²) in [6.45, 7) is 11.5. The second-order valence-corrected chi connectivity index (χ2v) is 12.5. The maximum atomic E-state index is 13.0. The molecule has 1 aromatic carbocycles. The van der Waals surface area contributed by atoms with Crippen molar-refractivity contribution < 1.29 is 23.7 Å². The fourth-order valence-electron chi connectivity index (χ4n) is 5.67. The third kappa shape index (κ3) is 7.83. The highest BCUT2D eigenvalue weighted by Gasteiger charge is 2.26. The van der Waals surface area contributed by atoms with Gasteiger partial charge < -0.3 is 29.2 Å². The van der Waals surface area contributed by atoms with Crippen LogP contribution in [0.4, 0.5) is 11.6 Å². The zero-order chi connectivity index (χ0) is 31.9. The van der Waals surface area contributed by atoms with Crippen molar-refractivity contribution in [2.75, 3.05) is 69.9 Å². The van der Waals surface area contributed by atoms with Crippen LogP contribution in [0.3, 0.4) is 0 Å². The zero-order valence-electron chi connectivity index (χ0n) is 26.8. The monoisotopic (exact) mass is 626 g/mol. The van der Waals surface area contributed by atoms with E-state index in [0.717, 1.165) is 81.9 Å². The third-order valence-electron chi connectivity index (χ3n) is 8.58. The number of amides is 1. The van der Waals surface area contributed by atoms with Gasteiger partial charge in [0, 0.05) is 50.4 Å². The van der Waals surface area contributed by atoms with Crippen LogP contribution in [0.5, 0.6) is 23.0 Å². The summed E-state index contributed by atoms with van der Waals surface area (Å²) in [6, 6.07) is 14.6. The second-order valence-electron chi connectivity index (χ2n) is 12.5. The molecule has 0 saturated carbocycles. The Labute approximate surface area is 269 Å². The summed E-state index contributed by atoms with van der Waals surface area (Å²) in [5.74, 6) is 3.28.